The summed E-state index contributed by atoms with van der Waals surface area (Å²) >= 11 is 0. The zero-order chi connectivity index (χ0) is 11.7. The molecule has 15 heavy (non-hydrogen) atoms. The first kappa shape index (κ1) is 14.2. The molecule has 0 saturated carbocycles. The Bertz CT molecular complexity index is 187. The van der Waals surface area contributed by atoms with Crippen LogP contribution in [0.2, 0.25) is 0 Å². The Morgan fingerprint density at radius 2 is 2.13 bits per heavy atom. The predicted molar refractivity (Wildman–Crippen MR) is 63.6 cm³/mol. The lowest BCUT2D eigenvalue weighted by molar-refractivity contribution is -0.139. The van der Waals surface area contributed by atoms with Gasteiger partial charge in [-0.1, -0.05) is 46.6 Å². The summed E-state index contributed by atoms with van der Waals surface area (Å²) in [6.07, 6.45) is 5.92. The highest BCUT2D eigenvalue weighted by Gasteiger charge is 2.16. The molecule has 0 rings (SSSR count). The first-order valence-corrected chi connectivity index (χ1v) is 5.94. The summed E-state index contributed by atoms with van der Waals surface area (Å²) in [4.78, 5) is 11.0. The Balaban J connectivity index is 3.99. The molecule has 0 aromatic carbocycles. The minimum Gasteiger partial charge on any atom is -0.462 e. The highest BCUT2D eigenvalue weighted by atomic mass is 16.5. The van der Waals surface area contributed by atoms with E-state index >= 15 is 0 Å². The fourth-order valence-electron chi connectivity index (χ4n) is 1.58. The van der Waals surface area contributed by atoms with Crippen LogP contribution in [0.5, 0.6) is 0 Å². The zero-order valence-electron chi connectivity index (χ0n) is 10.3. The SMILES string of the molecule is C=CC(=O)OCC(CCCC)C(C)CC. The van der Waals surface area contributed by atoms with Gasteiger partial charge in [-0.15, -0.1) is 0 Å². The predicted octanol–water partition coefficient (Wildman–Crippen LogP) is 3.57. The summed E-state index contributed by atoms with van der Waals surface area (Å²) in [5.74, 6) is 0.813. The lowest BCUT2D eigenvalue weighted by atomic mass is 9.88. The number of carbonyl (C=O) groups is 1. The van der Waals surface area contributed by atoms with Gasteiger partial charge in [0.1, 0.15) is 0 Å². The Labute approximate surface area is 93.7 Å². The van der Waals surface area contributed by atoms with Gasteiger partial charge < -0.3 is 4.74 Å². The standard InChI is InChI=1S/C13H24O2/c1-5-8-9-12(11(4)6-2)10-15-13(14)7-3/h7,11-12H,3,5-6,8-10H2,1-2,4H3. The second kappa shape index (κ2) is 8.51. The van der Waals surface area contributed by atoms with Gasteiger partial charge in [0.25, 0.3) is 0 Å². The Morgan fingerprint density at radius 3 is 2.60 bits per heavy atom. The number of esters is 1. The minimum absolute atomic E-state index is 0.306. The summed E-state index contributed by atoms with van der Waals surface area (Å²) in [7, 11) is 0. The van der Waals surface area contributed by atoms with Crippen LogP contribution >= 0.6 is 0 Å². The van der Waals surface area contributed by atoms with Crippen molar-refractivity contribution < 1.29 is 9.53 Å². The van der Waals surface area contributed by atoms with E-state index < -0.39 is 0 Å². The topological polar surface area (TPSA) is 26.3 Å². The van der Waals surface area contributed by atoms with Crippen molar-refractivity contribution in [1.82, 2.24) is 0 Å². The number of unbranched alkanes of at least 4 members (excludes halogenated alkanes) is 1. The molecule has 0 saturated heterocycles. The van der Waals surface area contributed by atoms with Crippen molar-refractivity contribution in [2.45, 2.75) is 46.5 Å². The Morgan fingerprint density at radius 1 is 1.47 bits per heavy atom. The zero-order valence-corrected chi connectivity index (χ0v) is 10.3. The summed E-state index contributed by atoms with van der Waals surface area (Å²) in [5, 5.41) is 0. The molecule has 2 heteroatoms. The second-order valence-corrected chi connectivity index (χ2v) is 4.12. The van der Waals surface area contributed by atoms with Crippen LogP contribution in [0.15, 0.2) is 12.7 Å². The Kier molecular flexibility index (Phi) is 8.06. The van der Waals surface area contributed by atoms with E-state index in [-0.39, 0.29) is 5.97 Å². The maximum atomic E-state index is 11.0. The number of carbonyl (C=O) groups excluding carboxylic acids is 1. The third-order valence-electron chi connectivity index (χ3n) is 2.98. The molecule has 0 aliphatic carbocycles. The largest absolute Gasteiger partial charge is 0.462 e. The van der Waals surface area contributed by atoms with E-state index in [1.54, 1.807) is 0 Å². The van der Waals surface area contributed by atoms with Crippen LogP contribution in [-0.2, 0) is 9.53 Å². The van der Waals surface area contributed by atoms with Crippen LogP contribution in [-0.4, -0.2) is 12.6 Å². The molecular weight excluding hydrogens is 188 g/mol. The van der Waals surface area contributed by atoms with Crippen molar-refractivity contribution in [1.29, 1.82) is 0 Å². The average molecular weight is 212 g/mol. The van der Waals surface area contributed by atoms with E-state index in [2.05, 4.69) is 27.4 Å². The number of rotatable bonds is 8. The van der Waals surface area contributed by atoms with Crippen molar-refractivity contribution in [3.63, 3.8) is 0 Å². The average Bonchev–Trinajstić information content (AvgIpc) is 2.27. The minimum atomic E-state index is -0.306. The van der Waals surface area contributed by atoms with Crippen LogP contribution in [0, 0.1) is 11.8 Å². The summed E-state index contributed by atoms with van der Waals surface area (Å²) < 4.78 is 5.12. The quantitative estimate of drug-likeness (QED) is 0.454. The van der Waals surface area contributed by atoms with Crippen molar-refractivity contribution in [2.75, 3.05) is 6.61 Å². The van der Waals surface area contributed by atoms with Gasteiger partial charge in [0.2, 0.25) is 0 Å². The molecule has 2 nitrogen and oxygen atoms in total. The van der Waals surface area contributed by atoms with Gasteiger partial charge in [0.05, 0.1) is 6.61 Å². The van der Waals surface area contributed by atoms with E-state index in [9.17, 15) is 4.79 Å². The van der Waals surface area contributed by atoms with E-state index in [4.69, 9.17) is 4.74 Å². The van der Waals surface area contributed by atoms with Gasteiger partial charge >= 0.3 is 5.97 Å². The van der Waals surface area contributed by atoms with Crippen LogP contribution in [0.1, 0.15) is 46.5 Å². The molecular formula is C13H24O2. The van der Waals surface area contributed by atoms with E-state index in [1.165, 1.54) is 18.9 Å². The summed E-state index contributed by atoms with van der Waals surface area (Å²) in [6, 6.07) is 0. The maximum Gasteiger partial charge on any atom is 0.330 e. The van der Waals surface area contributed by atoms with Crippen molar-refractivity contribution in [3.05, 3.63) is 12.7 Å². The molecule has 0 N–H and O–H groups in total. The third kappa shape index (κ3) is 6.32. The fourth-order valence-corrected chi connectivity index (χ4v) is 1.58. The molecule has 0 aliphatic heterocycles. The molecule has 2 atom stereocenters. The van der Waals surface area contributed by atoms with Crippen molar-refractivity contribution >= 4 is 5.97 Å². The monoisotopic (exact) mass is 212 g/mol. The number of ether oxygens (including phenoxy) is 1. The number of hydrogen-bond donors (Lipinski definition) is 0. The van der Waals surface area contributed by atoms with Crippen LogP contribution in [0.3, 0.4) is 0 Å². The van der Waals surface area contributed by atoms with Gasteiger partial charge in [0.15, 0.2) is 0 Å². The summed E-state index contributed by atoms with van der Waals surface area (Å²) in [6.45, 7) is 10.5. The molecule has 0 radical (unpaired) electrons. The first-order chi connectivity index (χ1) is 7.15. The van der Waals surface area contributed by atoms with Gasteiger partial charge in [-0.2, -0.15) is 0 Å². The van der Waals surface area contributed by atoms with E-state index in [1.807, 2.05) is 0 Å². The molecule has 0 bridgehead atoms. The molecule has 0 amide bonds. The molecule has 0 aromatic heterocycles. The molecule has 0 aliphatic rings. The molecule has 0 heterocycles. The highest BCUT2D eigenvalue weighted by molar-refractivity contribution is 5.81. The number of hydrogen-bond acceptors (Lipinski definition) is 2. The molecule has 0 fully saturated rings. The van der Waals surface area contributed by atoms with Gasteiger partial charge in [-0.3, -0.25) is 0 Å². The van der Waals surface area contributed by atoms with Crippen LogP contribution < -0.4 is 0 Å². The summed E-state index contributed by atoms with van der Waals surface area (Å²) in [5.41, 5.74) is 0. The first-order valence-electron chi connectivity index (χ1n) is 5.94. The normalized spacial score (nSPS) is 14.3. The van der Waals surface area contributed by atoms with Gasteiger partial charge in [-0.25, -0.2) is 4.79 Å². The highest BCUT2D eigenvalue weighted by Crippen LogP contribution is 2.21. The molecule has 2 unspecified atom stereocenters. The van der Waals surface area contributed by atoms with Crippen LogP contribution in [0.25, 0.3) is 0 Å². The van der Waals surface area contributed by atoms with E-state index in [0.717, 1.165) is 12.8 Å². The lowest BCUT2D eigenvalue weighted by Gasteiger charge is -2.22. The van der Waals surface area contributed by atoms with Gasteiger partial charge in [-0.05, 0) is 18.3 Å². The van der Waals surface area contributed by atoms with Crippen molar-refractivity contribution in [3.8, 4) is 0 Å². The van der Waals surface area contributed by atoms with Crippen LogP contribution in [0.4, 0.5) is 0 Å². The molecule has 0 aromatic rings. The third-order valence-corrected chi connectivity index (χ3v) is 2.98. The fraction of sp³-hybridized carbons (Fsp3) is 0.769. The van der Waals surface area contributed by atoms with Gasteiger partial charge in [0, 0.05) is 6.08 Å². The maximum absolute atomic E-state index is 11.0. The smallest absolute Gasteiger partial charge is 0.330 e. The van der Waals surface area contributed by atoms with Crippen molar-refractivity contribution in [2.24, 2.45) is 11.8 Å². The van der Waals surface area contributed by atoms with E-state index in [0.29, 0.717) is 18.4 Å². The molecule has 88 valence electrons. The Hall–Kier alpha value is -0.790. The molecule has 0 spiro atoms. The second-order valence-electron chi connectivity index (χ2n) is 4.12. The lowest BCUT2D eigenvalue weighted by Crippen LogP contribution is -2.19.